The molecule has 0 aliphatic heterocycles. The molecule has 2 N–H and O–H groups in total. The number of carbonyl (C=O) groups excluding carboxylic acids is 1. The topological polar surface area (TPSA) is 93.4 Å². The molecule has 1 aliphatic rings. The second-order valence-electron chi connectivity index (χ2n) is 5.91. The zero-order valence-corrected chi connectivity index (χ0v) is 12.9. The lowest BCUT2D eigenvalue weighted by Crippen LogP contribution is -2.49. The first kappa shape index (κ1) is 17.3. The SMILES string of the molecule is CCN(CCC#N)C(=O)NCC1(C(=O)O)CCC(C)CC1. The Morgan fingerprint density at radius 2 is 2.05 bits per heavy atom. The largest absolute Gasteiger partial charge is 0.481 e. The molecule has 0 saturated heterocycles. The van der Waals surface area contributed by atoms with Gasteiger partial charge in [-0.25, -0.2) is 4.79 Å². The summed E-state index contributed by atoms with van der Waals surface area (Å²) in [5.74, 6) is -0.272. The number of hydrogen-bond acceptors (Lipinski definition) is 3. The highest BCUT2D eigenvalue weighted by atomic mass is 16.4. The fourth-order valence-electron chi connectivity index (χ4n) is 2.73. The molecule has 1 rings (SSSR count). The van der Waals surface area contributed by atoms with Crippen LogP contribution in [0, 0.1) is 22.7 Å². The maximum absolute atomic E-state index is 12.1. The number of nitrogens with one attached hydrogen (secondary N) is 1. The van der Waals surface area contributed by atoms with Crippen molar-refractivity contribution in [1.82, 2.24) is 10.2 Å². The average Bonchev–Trinajstić information content (AvgIpc) is 2.47. The van der Waals surface area contributed by atoms with Gasteiger partial charge >= 0.3 is 12.0 Å². The zero-order chi connectivity index (χ0) is 15.9. The molecule has 0 atom stereocenters. The molecule has 0 bridgehead atoms. The van der Waals surface area contributed by atoms with Crippen LogP contribution in [0.25, 0.3) is 0 Å². The van der Waals surface area contributed by atoms with E-state index in [9.17, 15) is 14.7 Å². The van der Waals surface area contributed by atoms with Gasteiger partial charge in [0, 0.05) is 19.6 Å². The third-order valence-electron chi connectivity index (χ3n) is 4.43. The molecule has 0 aromatic carbocycles. The number of rotatable bonds is 6. The van der Waals surface area contributed by atoms with Gasteiger partial charge < -0.3 is 15.3 Å². The van der Waals surface area contributed by atoms with E-state index in [1.54, 1.807) is 0 Å². The molecule has 6 nitrogen and oxygen atoms in total. The Morgan fingerprint density at radius 1 is 1.43 bits per heavy atom. The summed E-state index contributed by atoms with van der Waals surface area (Å²) in [6.07, 6.45) is 3.26. The number of aliphatic carboxylic acids is 1. The quantitative estimate of drug-likeness (QED) is 0.785. The minimum absolute atomic E-state index is 0.164. The summed E-state index contributed by atoms with van der Waals surface area (Å²) in [5, 5.41) is 20.8. The summed E-state index contributed by atoms with van der Waals surface area (Å²) in [7, 11) is 0. The van der Waals surface area contributed by atoms with Crippen LogP contribution in [0.3, 0.4) is 0 Å². The number of urea groups is 1. The van der Waals surface area contributed by atoms with E-state index < -0.39 is 11.4 Å². The van der Waals surface area contributed by atoms with Crippen molar-refractivity contribution in [2.75, 3.05) is 19.6 Å². The maximum Gasteiger partial charge on any atom is 0.317 e. The summed E-state index contributed by atoms with van der Waals surface area (Å²) in [5.41, 5.74) is -0.836. The molecule has 0 aromatic heterocycles. The lowest BCUT2D eigenvalue weighted by Gasteiger charge is -2.36. The van der Waals surface area contributed by atoms with Crippen LogP contribution in [-0.4, -0.2) is 41.6 Å². The molecule has 0 unspecified atom stereocenters. The number of carbonyl (C=O) groups is 2. The van der Waals surface area contributed by atoms with Crippen LogP contribution >= 0.6 is 0 Å². The number of nitriles is 1. The van der Waals surface area contributed by atoms with Crippen LogP contribution in [0.5, 0.6) is 0 Å². The highest BCUT2D eigenvalue weighted by molar-refractivity contribution is 5.78. The van der Waals surface area contributed by atoms with Gasteiger partial charge in [-0.1, -0.05) is 6.92 Å². The van der Waals surface area contributed by atoms with E-state index in [0.29, 0.717) is 31.8 Å². The van der Waals surface area contributed by atoms with Gasteiger partial charge in [-0.3, -0.25) is 4.79 Å². The van der Waals surface area contributed by atoms with Crippen molar-refractivity contribution in [3.8, 4) is 6.07 Å². The minimum atomic E-state index is -0.836. The summed E-state index contributed by atoms with van der Waals surface area (Å²) in [6.45, 7) is 5.01. The Kier molecular flexibility index (Phi) is 6.47. The summed E-state index contributed by atoms with van der Waals surface area (Å²) < 4.78 is 0. The number of carboxylic acid groups (broad SMARTS) is 1. The Hall–Kier alpha value is -1.77. The molecule has 0 heterocycles. The van der Waals surface area contributed by atoms with E-state index in [4.69, 9.17) is 5.26 Å². The van der Waals surface area contributed by atoms with Crippen molar-refractivity contribution in [3.05, 3.63) is 0 Å². The van der Waals surface area contributed by atoms with Crippen molar-refractivity contribution < 1.29 is 14.7 Å². The maximum atomic E-state index is 12.1. The molecule has 1 saturated carbocycles. The first-order valence-electron chi connectivity index (χ1n) is 7.58. The van der Waals surface area contributed by atoms with Crippen LogP contribution in [0.1, 0.15) is 46.0 Å². The standard InChI is InChI=1S/C15H25N3O3/c1-3-18(10-4-9-16)14(21)17-11-15(13(19)20)7-5-12(2)6-8-15/h12H,3-8,10-11H2,1-2H3,(H,17,21)(H,19,20). The van der Waals surface area contributed by atoms with Gasteiger partial charge in [-0.2, -0.15) is 5.26 Å². The number of hydrogen-bond donors (Lipinski definition) is 2. The summed E-state index contributed by atoms with van der Waals surface area (Å²) in [6, 6.07) is 1.72. The van der Waals surface area contributed by atoms with Gasteiger partial charge in [0.05, 0.1) is 17.9 Å². The predicted molar refractivity (Wildman–Crippen MR) is 78.6 cm³/mol. The van der Waals surface area contributed by atoms with E-state index in [-0.39, 0.29) is 19.0 Å². The fourth-order valence-corrected chi connectivity index (χ4v) is 2.73. The fraction of sp³-hybridized carbons (Fsp3) is 0.800. The molecule has 118 valence electrons. The average molecular weight is 295 g/mol. The van der Waals surface area contributed by atoms with Gasteiger partial charge in [0.2, 0.25) is 0 Å². The van der Waals surface area contributed by atoms with Crippen molar-refractivity contribution in [3.63, 3.8) is 0 Å². The van der Waals surface area contributed by atoms with E-state index in [2.05, 4.69) is 12.2 Å². The molecule has 1 fully saturated rings. The monoisotopic (exact) mass is 295 g/mol. The molecule has 1 aliphatic carbocycles. The lowest BCUT2D eigenvalue weighted by molar-refractivity contribution is -0.151. The highest BCUT2D eigenvalue weighted by Gasteiger charge is 2.41. The minimum Gasteiger partial charge on any atom is -0.481 e. The Balaban J connectivity index is 2.59. The number of nitrogens with zero attached hydrogens (tertiary/aromatic N) is 2. The molecule has 2 amide bonds. The first-order valence-corrected chi connectivity index (χ1v) is 7.58. The highest BCUT2D eigenvalue weighted by Crippen LogP contribution is 2.38. The number of carboxylic acids is 1. The zero-order valence-electron chi connectivity index (χ0n) is 12.9. The Labute approximate surface area is 126 Å². The molecular formula is C15H25N3O3. The molecule has 0 aromatic rings. The normalized spacial score (nSPS) is 24.9. The van der Waals surface area contributed by atoms with Crippen LogP contribution in [0.15, 0.2) is 0 Å². The molecule has 0 radical (unpaired) electrons. The van der Waals surface area contributed by atoms with Crippen LogP contribution in [-0.2, 0) is 4.79 Å². The molecule has 0 spiro atoms. The second kappa shape index (κ2) is 7.87. The Morgan fingerprint density at radius 3 is 2.52 bits per heavy atom. The van der Waals surface area contributed by atoms with Gasteiger partial charge in [-0.15, -0.1) is 0 Å². The third kappa shape index (κ3) is 4.62. The smallest absolute Gasteiger partial charge is 0.317 e. The van der Waals surface area contributed by atoms with Crippen molar-refractivity contribution in [1.29, 1.82) is 5.26 Å². The van der Waals surface area contributed by atoms with E-state index in [1.165, 1.54) is 4.90 Å². The van der Waals surface area contributed by atoms with Crippen LogP contribution < -0.4 is 5.32 Å². The van der Waals surface area contributed by atoms with E-state index in [0.717, 1.165) is 12.8 Å². The molecule has 21 heavy (non-hydrogen) atoms. The molecule has 6 heteroatoms. The lowest BCUT2D eigenvalue weighted by atomic mass is 9.71. The van der Waals surface area contributed by atoms with Gasteiger partial charge in [0.25, 0.3) is 0 Å². The van der Waals surface area contributed by atoms with Crippen LogP contribution in [0.2, 0.25) is 0 Å². The molecular weight excluding hydrogens is 270 g/mol. The predicted octanol–water partition coefficient (Wildman–Crippen LogP) is 2.21. The Bertz CT molecular complexity index is 409. The number of amides is 2. The second-order valence-corrected chi connectivity index (χ2v) is 5.91. The third-order valence-corrected chi connectivity index (χ3v) is 4.43. The van der Waals surface area contributed by atoms with E-state index in [1.807, 2.05) is 13.0 Å². The van der Waals surface area contributed by atoms with Gasteiger partial charge in [0.15, 0.2) is 0 Å². The first-order chi connectivity index (χ1) is 9.95. The summed E-state index contributed by atoms with van der Waals surface area (Å²) in [4.78, 5) is 25.2. The van der Waals surface area contributed by atoms with E-state index >= 15 is 0 Å². The van der Waals surface area contributed by atoms with Gasteiger partial charge in [0.1, 0.15) is 0 Å². The van der Waals surface area contributed by atoms with Crippen molar-refractivity contribution >= 4 is 12.0 Å². The summed E-state index contributed by atoms with van der Waals surface area (Å²) >= 11 is 0. The van der Waals surface area contributed by atoms with Crippen LogP contribution in [0.4, 0.5) is 4.79 Å². The van der Waals surface area contributed by atoms with Crippen molar-refractivity contribution in [2.45, 2.75) is 46.0 Å². The van der Waals surface area contributed by atoms with Crippen molar-refractivity contribution in [2.24, 2.45) is 11.3 Å². The van der Waals surface area contributed by atoms with Gasteiger partial charge in [-0.05, 0) is 38.5 Å².